The Bertz CT molecular complexity index is 428. The molecule has 1 aromatic rings. The van der Waals surface area contributed by atoms with Crippen LogP contribution in [0.4, 0.5) is 5.69 Å². The maximum Gasteiger partial charge on any atom is 0.235 e. The molecule has 1 heterocycles. The Morgan fingerprint density at radius 1 is 1.36 bits per heavy atom. The Morgan fingerprint density at radius 2 is 2.07 bits per heavy atom. The van der Waals surface area contributed by atoms with Crippen LogP contribution in [0.25, 0.3) is 0 Å². The Morgan fingerprint density at radius 3 is 2.79 bits per heavy atom. The fraction of sp³-hybridized carbons (Fsp3) is 0.200. The Kier molecular flexibility index (Phi) is 2.15. The summed E-state index contributed by atoms with van der Waals surface area (Å²) in [4.78, 5) is 23.0. The summed E-state index contributed by atoms with van der Waals surface area (Å²) in [6, 6.07) is 5.25. The lowest BCUT2D eigenvalue weighted by Gasteiger charge is -2.20. The number of benzene rings is 1. The molecule has 1 N–H and O–H groups in total. The van der Waals surface area contributed by atoms with Gasteiger partial charge in [0.05, 0.1) is 11.6 Å². The van der Waals surface area contributed by atoms with Gasteiger partial charge in [-0.25, -0.2) is 0 Å². The number of hydrogen-bond donors (Lipinski definition) is 1. The molecule has 1 amide bonds. The number of Topliss-reactive ketones (excluding diaryl/α,β-unsaturated/α-hetero) is 1. The second kappa shape index (κ2) is 3.20. The van der Waals surface area contributed by atoms with Crippen molar-refractivity contribution in [1.29, 1.82) is 0 Å². The van der Waals surface area contributed by atoms with Gasteiger partial charge < -0.3 is 5.32 Å². The summed E-state index contributed by atoms with van der Waals surface area (Å²) in [6.07, 6.45) is 0. The summed E-state index contributed by atoms with van der Waals surface area (Å²) in [7, 11) is 0. The number of ketones is 1. The average Bonchev–Trinajstić information content (AvgIpc) is 2.16. The molecule has 0 aliphatic carbocycles. The number of fused-ring (bicyclic) bond motifs is 1. The maximum absolute atomic E-state index is 11.7. The molecule has 1 aliphatic heterocycles. The minimum absolute atomic E-state index is 0.120. The maximum atomic E-state index is 11.7. The van der Waals surface area contributed by atoms with E-state index in [9.17, 15) is 9.59 Å². The molecule has 0 spiro atoms. The van der Waals surface area contributed by atoms with Gasteiger partial charge >= 0.3 is 0 Å². The van der Waals surface area contributed by atoms with E-state index >= 15 is 0 Å². The fourth-order valence-corrected chi connectivity index (χ4v) is 1.78. The first-order valence-electron chi connectivity index (χ1n) is 4.24. The van der Waals surface area contributed by atoms with Crippen molar-refractivity contribution in [3.63, 3.8) is 0 Å². The van der Waals surface area contributed by atoms with Crippen molar-refractivity contribution in [3.8, 4) is 0 Å². The number of nitrogens with one attached hydrogen (secondary N) is 1. The molecule has 0 fully saturated rings. The minimum Gasteiger partial charge on any atom is -0.325 e. The molecular formula is C10H8BrNO2. The number of anilines is 1. The van der Waals surface area contributed by atoms with Crippen LogP contribution < -0.4 is 5.32 Å². The predicted molar refractivity (Wildman–Crippen MR) is 56.3 cm³/mol. The van der Waals surface area contributed by atoms with E-state index in [1.807, 2.05) is 0 Å². The molecule has 1 aliphatic rings. The van der Waals surface area contributed by atoms with Crippen LogP contribution in [-0.4, -0.2) is 11.7 Å². The van der Waals surface area contributed by atoms with E-state index in [0.717, 1.165) is 4.47 Å². The molecule has 0 bridgehead atoms. The zero-order valence-corrected chi connectivity index (χ0v) is 9.09. The Hall–Kier alpha value is -1.16. The highest BCUT2D eigenvalue weighted by molar-refractivity contribution is 9.10. The van der Waals surface area contributed by atoms with Gasteiger partial charge in [-0.05, 0) is 25.1 Å². The normalized spacial score (nSPS) is 20.3. The van der Waals surface area contributed by atoms with Gasteiger partial charge in [-0.2, -0.15) is 0 Å². The van der Waals surface area contributed by atoms with E-state index in [2.05, 4.69) is 21.2 Å². The van der Waals surface area contributed by atoms with Crippen molar-refractivity contribution >= 4 is 33.3 Å². The summed E-state index contributed by atoms with van der Waals surface area (Å²) in [5.41, 5.74) is 1.17. The highest BCUT2D eigenvalue weighted by Crippen LogP contribution is 2.27. The van der Waals surface area contributed by atoms with Crippen molar-refractivity contribution < 1.29 is 9.59 Å². The van der Waals surface area contributed by atoms with Crippen LogP contribution in [0.2, 0.25) is 0 Å². The van der Waals surface area contributed by atoms with Gasteiger partial charge in [-0.15, -0.1) is 0 Å². The topological polar surface area (TPSA) is 46.2 Å². The number of halogens is 1. The molecule has 3 nitrogen and oxygen atoms in total. The largest absolute Gasteiger partial charge is 0.325 e. The summed E-state index contributed by atoms with van der Waals surface area (Å²) >= 11 is 3.29. The third-order valence-electron chi connectivity index (χ3n) is 2.29. The molecule has 1 unspecified atom stereocenters. The van der Waals surface area contributed by atoms with Crippen LogP contribution in [0.5, 0.6) is 0 Å². The molecule has 72 valence electrons. The first-order chi connectivity index (χ1) is 6.59. The van der Waals surface area contributed by atoms with E-state index in [-0.39, 0.29) is 11.7 Å². The van der Waals surface area contributed by atoms with Gasteiger partial charge in [0.15, 0.2) is 5.78 Å². The predicted octanol–water partition coefficient (Wildman–Crippen LogP) is 2.22. The summed E-state index contributed by atoms with van der Waals surface area (Å²) in [5, 5.41) is 2.69. The monoisotopic (exact) mass is 253 g/mol. The molecule has 1 aromatic carbocycles. The first-order valence-corrected chi connectivity index (χ1v) is 5.03. The third-order valence-corrected chi connectivity index (χ3v) is 2.78. The molecule has 0 saturated heterocycles. The quantitative estimate of drug-likeness (QED) is 0.721. The lowest BCUT2D eigenvalue weighted by atomic mass is 9.93. The number of amides is 1. The Labute approximate surface area is 89.6 Å². The van der Waals surface area contributed by atoms with Gasteiger partial charge in [0, 0.05) is 10.0 Å². The molecule has 0 radical (unpaired) electrons. The second-order valence-corrected chi connectivity index (χ2v) is 4.18. The molecule has 4 heteroatoms. The molecule has 2 rings (SSSR count). The number of rotatable bonds is 0. The van der Waals surface area contributed by atoms with E-state index in [4.69, 9.17) is 0 Å². The first kappa shape index (κ1) is 9.40. The molecule has 1 atom stereocenters. The van der Waals surface area contributed by atoms with Crippen LogP contribution in [0, 0.1) is 5.92 Å². The van der Waals surface area contributed by atoms with E-state index in [1.165, 1.54) is 0 Å². The van der Waals surface area contributed by atoms with Crippen molar-refractivity contribution in [2.45, 2.75) is 6.92 Å². The van der Waals surface area contributed by atoms with Crippen LogP contribution in [0.3, 0.4) is 0 Å². The zero-order chi connectivity index (χ0) is 10.3. The van der Waals surface area contributed by atoms with E-state index < -0.39 is 5.92 Å². The highest BCUT2D eigenvalue weighted by atomic mass is 79.9. The van der Waals surface area contributed by atoms with Crippen molar-refractivity contribution in [3.05, 3.63) is 28.2 Å². The van der Waals surface area contributed by atoms with Crippen LogP contribution in [0.1, 0.15) is 17.3 Å². The van der Waals surface area contributed by atoms with E-state index in [1.54, 1.807) is 25.1 Å². The molecule has 0 aromatic heterocycles. The molecule has 0 saturated carbocycles. The van der Waals surface area contributed by atoms with Gasteiger partial charge in [0.25, 0.3) is 0 Å². The van der Waals surface area contributed by atoms with Gasteiger partial charge in [0.1, 0.15) is 0 Å². The zero-order valence-electron chi connectivity index (χ0n) is 7.50. The summed E-state index contributed by atoms with van der Waals surface area (Å²) < 4.78 is 0.841. The Balaban J connectivity index is 2.57. The standard InChI is InChI=1S/C10H8BrNO2/c1-5-9(13)7-4-6(11)2-3-8(7)12-10(5)14/h2-5H,1H3,(H,12,14). The van der Waals surface area contributed by atoms with E-state index in [0.29, 0.717) is 11.3 Å². The summed E-state index contributed by atoms with van der Waals surface area (Å²) in [6.45, 7) is 1.61. The second-order valence-electron chi connectivity index (χ2n) is 3.27. The van der Waals surface area contributed by atoms with Crippen molar-refractivity contribution in [2.24, 2.45) is 5.92 Å². The molecular weight excluding hydrogens is 246 g/mol. The van der Waals surface area contributed by atoms with Crippen LogP contribution in [-0.2, 0) is 4.79 Å². The fourth-order valence-electron chi connectivity index (χ4n) is 1.42. The third kappa shape index (κ3) is 1.35. The SMILES string of the molecule is CC1C(=O)Nc2ccc(Br)cc2C1=O. The average molecular weight is 254 g/mol. The van der Waals surface area contributed by atoms with Crippen molar-refractivity contribution in [2.75, 3.05) is 5.32 Å². The smallest absolute Gasteiger partial charge is 0.235 e. The van der Waals surface area contributed by atoms with Crippen molar-refractivity contribution in [1.82, 2.24) is 0 Å². The summed E-state index contributed by atoms with van der Waals surface area (Å²) in [5.74, 6) is -0.938. The van der Waals surface area contributed by atoms with Crippen LogP contribution in [0.15, 0.2) is 22.7 Å². The lowest BCUT2D eigenvalue weighted by Crippen LogP contribution is -2.33. The minimum atomic E-state index is -0.586. The van der Waals surface area contributed by atoms with Gasteiger partial charge in [-0.3, -0.25) is 9.59 Å². The number of carbonyl (C=O) groups excluding carboxylic acids is 2. The van der Waals surface area contributed by atoms with Crippen LogP contribution >= 0.6 is 15.9 Å². The lowest BCUT2D eigenvalue weighted by molar-refractivity contribution is -0.118. The number of carbonyl (C=O) groups is 2. The highest BCUT2D eigenvalue weighted by Gasteiger charge is 2.30. The van der Waals surface area contributed by atoms with Gasteiger partial charge in [-0.1, -0.05) is 15.9 Å². The molecule has 14 heavy (non-hydrogen) atoms. The number of hydrogen-bond acceptors (Lipinski definition) is 2. The van der Waals surface area contributed by atoms with Gasteiger partial charge in [0.2, 0.25) is 5.91 Å².